The summed E-state index contributed by atoms with van der Waals surface area (Å²) in [5.74, 6) is 2.03. The fourth-order valence-corrected chi connectivity index (χ4v) is 3.41. The molecule has 0 bridgehead atoms. The molecule has 1 aliphatic heterocycles. The summed E-state index contributed by atoms with van der Waals surface area (Å²) in [7, 11) is 1.92. The van der Waals surface area contributed by atoms with Gasteiger partial charge in [0.2, 0.25) is 5.91 Å². The van der Waals surface area contributed by atoms with Gasteiger partial charge in [0.05, 0.1) is 0 Å². The molecule has 0 aliphatic carbocycles. The molecule has 2 heterocycles. The average molecular weight is 399 g/mol. The van der Waals surface area contributed by atoms with E-state index in [2.05, 4.69) is 24.1 Å². The molecule has 7 heteroatoms. The molecule has 1 aromatic heterocycles. The highest BCUT2D eigenvalue weighted by Crippen LogP contribution is 2.16. The Labute approximate surface area is 172 Å². The molecular formula is C22H30N4O3. The van der Waals surface area contributed by atoms with Crippen LogP contribution in [-0.2, 0) is 18.4 Å². The smallest absolute Gasteiger partial charge is 0.251 e. The van der Waals surface area contributed by atoms with E-state index in [1.807, 2.05) is 22.7 Å². The number of hydrogen-bond acceptors (Lipinski definition) is 4. The highest BCUT2D eigenvalue weighted by molar-refractivity contribution is 5.94. The van der Waals surface area contributed by atoms with Crippen LogP contribution in [-0.4, -0.2) is 45.4 Å². The van der Waals surface area contributed by atoms with Crippen LogP contribution in [0, 0.1) is 5.92 Å². The van der Waals surface area contributed by atoms with Crippen molar-refractivity contribution < 1.29 is 14.3 Å². The zero-order chi connectivity index (χ0) is 20.8. The molecule has 2 aromatic rings. The van der Waals surface area contributed by atoms with Crippen LogP contribution in [0.25, 0.3) is 0 Å². The van der Waals surface area contributed by atoms with Crippen molar-refractivity contribution in [1.82, 2.24) is 19.8 Å². The summed E-state index contributed by atoms with van der Waals surface area (Å²) in [6.45, 7) is 5.90. The Bertz CT molecular complexity index is 821. The van der Waals surface area contributed by atoms with Crippen molar-refractivity contribution in [3.8, 4) is 5.75 Å². The monoisotopic (exact) mass is 398 g/mol. The Kier molecular flexibility index (Phi) is 6.90. The third-order valence-electron chi connectivity index (χ3n) is 5.17. The van der Waals surface area contributed by atoms with Gasteiger partial charge in [-0.2, -0.15) is 0 Å². The van der Waals surface area contributed by atoms with E-state index in [4.69, 9.17) is 4.74 Å². The predicted octanol–water partition coefficient (Wildman–Crippen LogP) is 2.77. The molecule has 7 nitrogen and oxygen atoms in total. The molecule has 0 radical (unpaired) electrons. The fraction of sp³-hybridized carbons (Fsp3) is 0.500. The van der Waals surface area contributed by atoms with Crippen LogP contribution in [0.1, 0.15) is 49.3 Å². The van der Waals surface area contributed by atoms with Crippen molar-refractivity contribution in [2.75, 3.05) is 13.1 Å². The van der Waals surface area contributed by atoms with Gasteiger partial charge in [0, 0.05) is 50.6 Å². The number of carbonyl (C=O) groups excluding carboxylic acids is 2. The molecule has 1 aliphatic rings. The molecule has 1 fully saturated rings. The van der Waals surface area contributed by atoms with Crippen molar-refractivity contribution in [1.29, 1.82) is 0 Å². The summed E-state index contributed by atoms with van der Waals surface area (Å²) in [5, 5.41) is 3.09. The van der Waals surface area contributed by atoms with Crippen molar-refractivity contribution in [3.63, 3.8) is 0 Å². The van der Waals surface area contributed by atoms with Crippen molar-refractivity contribution in [2.45, 2.75) is 45.8 Å². The summed E-state index contributed by atoms with van der Waals surface area (Å²) in [4.78, 5) is 30.8. The first-order valence-corrected chi connectivity index (χ1v) is 10.2. The van der Waals surface area contributed by atoms with Crippen LogP contribution >= 0.6 is 0 Å². The normalized spacial score (nSPS) is 14.8. The number of aryl methyl sites for hydroxylation is 1. The van der Waals surface area contributed by atoms with E-state index in [0.29, 0.717) is 43.3 Å². The van der Waals surface area contributed by atoms with Gasteiger partial charge in [-0.3, -0.25) is 9.59 Å². The zero-order valence-corrected chi connectivity index (χ0v) is 17.4. The predicted molar refractivity (Wildman–Crippen MR) is 111 cm³/mol. The van der Waals surface area contributed by atoms with Crippen LogP contribution in [0.4, 0.5) is 0 Å². The third kappa shape index (κ3) is 5.82. The summed E-state index contributed by atoms with van der Waals surface area (Å²) in [5.41, 5.74) is 0.604. The Morgan fingerprint density at radius 2 is 1.90 bits per heavy atom. The zero-order valence-electron chi connectivity index (χ0n) is 17.4. The Morgan fingerprint density at radius 3 is 2.48 bits per heavy atom. The van der Waals surface area contributed by atoms with Crippen molar-refractivity contribution in [3.05, 3.63) is 48.0 Å². The Hall–Kier alpha value is -2.83. The van der Waals surface area contributed by atoms with Gasteiger partial charge in [0.15, 0.2) is 0 Å². The van der Waals surface area contributed by atoms with Gasteiger partial charge in [0.25, 0.3) is 5.91 Å². The van der Waals surface area contributed by atoms with Gasteiger partial charge in [-0.1, -0.05) is 13.8 Å². The maximum atomic E-state index is 12.5. The quantitative estimate of drug-likeness (QED) is 0.778. The van der Waals surface area contributed by atoms with E-state index in [-0.39, 0.29) is 17.9 Å². The van der Waals surface area contributed by atoms with Gasteiger partial charge in [-0.15, -0.1) is 0 Å². The number of ether oxygens (including phenoxy) is 1. The lowest BCUT2D eigenvalue weighted by Crippen LogP contribution is -2.46. The van der Waals surface area contributed by atoms with Crippen LogP contribution < -0.4 is 10.1 Å². The number of piperidine rings is 1. The standard InChI is InChI=1S/C22H30N4O3/c1-16(2)14-21(27)26-11-8-18(9-12-26)24-22(28)17-4-6-19(7-5-17)29-15-20-23-10-13-25(20)3/h4-7,10,13,16,18H,8-9,11-12,14-15H2,1-3H3,(H,24,28). The van der Waals surface area contributed by atoms with Gasteiger partial charge < -0.3 is 19.5 Å². The lowest BCUT2D eigenvalue weighted by atomic mass is 10.0. The van der Waals surface area contributed by atoms with E-state index >= 15 is 0 Å². The van der Waals surface area contributed by atoms with E-state index in [1.54, 1.807) is 30.5 Å². The largest absolute Gasteiger partial charge is 0.486 e. The second kappa shape index (κ2) is 9.58. The SMILES string of the molecule is CC(C)CC(=O)N1CCC(NC(=O)c2ccc(OCc3nccn3C)cc2)CC1. The minimum Gasteiger partial charge on any atom is -0.486 e. The minimum atomic E-state index is -0.0902. The number of amides is 2. The molecule has 0 atom stereocenters. The van der Waals surface area contributed by atoms with Gasteiger partial charge in [0.1, 0.15) is 18.2 Å². The average Bonchev–Trinajstić information content (AvgIpc) is 3.11. The van der Waals surface area contributed by atoms with Crippen LogP contribution in [0.3, 0.4) is 0 Å². The van der Waals surface area contributed by atoms with E-state index < -0.39 is 0 Å². The molecule has 1 N–H and O–H groups in total. The van der Waals surface area contributed by atoms with Crippen molar-refractivity contribution in [2.24, 2.45) is 13.0 Å². The van der Waals surface area contributed by atoms with Gasteiger partial charge >= 0.3 is 0 Å². The molecule has 0 saturated carbocycles. The Morgan fingerprint density at radius 1 is 1.21 bits per heavy atom. The highest BCUT2D eigenvalue weighted by Gasteiger charge is 2.24. The number of nitrogens with zero attached hydrogens (tertiary/aromatic N) is 3. The number of carbonyl (C=O) groups is 2. The third-order valence-corrected chi connectivity index (χ3v) is 5.17. The number of rotatable bonds is 7. The van der Waals surface area contributed by atoms with Gasteiger partial charge in [-0.05, 0) is 43.0 Å². The van der Waals surface area contributed by atoms with E-state index in [0.717, 1.165) is 18.7 Å². The molecule has 2 amide bonds. The number of likely N-dealkylation sites (tertiary alicyclic amines) is 1. The second-order valence-corrected chi connectivity index (χ2v) is 7.99. The molecule has 1 aromatic carbocycles. The number of aromatic nitrogens is 2. The van der Waals surface area contributed by atoms with Gasteiger partial charge in [-0.25, -0.2) is 4.98 Å². The molecular weight excluding hydrogens is 368 g/mol. The maximum Gasteiger partial charge on any atom is 0.251 e. The van der Waals surface area contributed by atoms with E-state index in [9.17, 15) is 9.59 Å². The number of imidazole rings is 1. The Balaban J connectivity index is 1.45. The van der Waals surface area contributed by atoms with E-state index in [1.165, 1.54) is 0 Å². The number of nitrogens with one attached hydrogen (secondary N) is 1. The molecule has 0 unspecified atom stereocenters. The fourth-order valence-electron chi connectivity index (χ4n) is 3.41. The van der Waals surface area contributed by atoms with Crippen LogP contribution in [0.15, 0.2) is 36.7 Å². The lowest BCUT2D eigenvalue weighted by Gasteiger charge is -2.32. The second-order valence-electron chi connectivity index (χ2n) is 7.99. The number of benzene rings is 1. The first-order valence-electron chi connectivity index (χ1n) is 10.2. The highest BCUT2D eigenvalue weighted by atomic mass is 16.5. The summed E-state index contributed by atoms with van der Waals surface area (Å²) in [6, 6.07) is 7.23. The lowest BCUT2D eigenvalue weighted by molar-refractivity contribution is -0.133. The van der Waals surface area contributed by atoms with Crippen molar-refractivity contribution >= 4 is 11.8 Å². The molecule has 0 spiro atoms. The molecule has 3 rings (SSSR count). The summed E-state index contributed by atoms with van der Waals surface area (Å²) >= 11 is 0. The van der Waals surface area contributed by atoms with Crippen LogP contribution in [0.5, 0.6) is 5.75 Å². The first kappa shape index (κ1) is 20.9. The minimum absolute atomic E-state index is 0.0902. The summed E-state index contributed by atoms with van der Waals surface area (Å²) in [6.07, 6.45) is 5.78. The molecule has 1 saturated heterocycles. The molecule has 29 heavy (non-hydrogen) atoms. The molecule has 156 valence electrons. The topological polar surface area (TPSA) is 76.5 Å². The maximum absolute atomic E-state index is 12.5. The number of hydrogen-bond donors (Lipinski definition) is 1. The van der Waals surface area contributed by atoms with Crippen LogP contribution in [0.2, 0.25) is 0 Å². The summed E-state index contributed by atoms with van der Waals surface area (Å²) < 4.78 is 7.63. The first-order chi connectivity index (χ1) is 13.9.